The van der Waals surface area contributed by atoms with Gasteiger partial charge in [0.15, 0.2) is 5.16 Å². The van der Waals surface area contributed by atoms with E-state index in [1.165, 1.54) is 10.6 Å². The standard InChI is InChI=1S/C11H13N3S2/c1-3-9-10(16-7-13-9)6-15-11-12-5-4-8(2)14-11/h4-5,7H,3,6H2,1-2H3. The Labute approximate surface area is 103 Å². The van der Waals surface area contributed by atoms with Gasteiger partial charge in [-0.15, -0.1) is 11.3 Å². The van der Waals surface area contributed by atoms with Crippen molar-refractivity contribution in [3.05, 3.63) is 34.0 Å². The SMILES string of the molecule is CCc1ncsc1CSc1nccc(C)n1. The van der Waals surface area contributed by atoms with E-state index in [0.29, 0.717) is 0 Å². The van der Waals surface area contributed by atoms with Gasteiger partial charge in [0.25, 0.3) is 0 Å². The van der Waals surface area contributed by atoms with Crippen LogP contribution in [0.4, 0.5) is 0 Å². The Morgan fingerprint density at radius 2 is 2.25 bits per heavy atom. The van der Waals surface area contributed by atoms with Crippen LogP contribution in [0.25, 0.3) is 0 Å². The lowest BCUT2D eigenvalue weighted by Crippen LogP contribution is -1.90. The highest BCUT2D eigenvalue weighted by Crippen LogP contribution is 2.24. The van der Waals surface area contributed by atoms with Crippen molar-refractivity contribution in [3.8, 4) is 0 Å². The highest BCUT2D eigenvalue weighted by molar-refractivity contribution is 7.98. The summed E-state index contributed by atoms with van der Waals surface area (Å²) in [4.78, 5) is 14.3. The van der Waals surface area contributed by atoms with Gasteiger partial charge in [0.05, 0.1) is 11.2 Å². The number of thiazole rings is 1. The Morgan fingerprint density at radius 3 is 3.00 bits per heavy atom. The maximum Gasteiger partial charge on any atom is 0.188 e. The number of aryl methyl sites for hydroxylation is 2. The smallest absolute Gasteiger partial charge is 0.188 e. The number of thioether (sulfide) groups is 1. The lowest BCUT2D eigenvalue weighted by Gasteiger charge is -2.00. The van der Waals surface area contributed by atoms with Gasteiger partial charge in [-0.25, -0.2) is 15.0 Å². The van der Waals surface area contributed by atoms with Gasteiger partial charge >= 0.3 is 0 Å². The van der Waals surface area contributed by atoms with E-state index in [4.69, 9.17) is 0 Å². The molecule has 84 valence electrons. The third-order valence-electron chi connectivity index (χ3n) is 2.17. The number of rotatable bonds is 4. The van der Waals surface area contributed by atoms with Crippen LogP contribution in [0.1, 0.15) is 23.2 Å². The van der Waals surface area contributed by atoms with Crippen molar-refractivity contribution in [2.75, 3.05) is 0 Å². The first kappa shape index (κ1) is 11.5. The minimum Gasteiger partial charge on any atom is -0.249 e. The van der Waals surface area contributed by atoms with Crippen LogP contribution >= 0.6 is 23.1 Å². The lowest BCUT2D eigenvalue weighted by atomic mass is 10.3. The van der Waals surface area contributed by atoms with Gasteiger partial charge in [0, 0.05) is 22.5 Å². The highest BCUT2D eigenvalue weighted by Gasteiger charge is 2.06. The Kier molecular flexibility index (Phi) is 3.90. The number of aromatic nitrogens is 3. The van der Waals surface area contributed by atoms with Crippen molar-refractivity contribution in [1.82, 2.24) is 15.0 Å². The fourth-order valence-corrected chi connectivity index (χ4v) is 3.18. The Balaban J connectivity index is 2.02. The summed E-state index contributed by atoms with van der Waals surface area (Å²) >= 11 is 3.38. The van der Waals surface area contributed by atoms with Gasteiger partial charge in [-0.1, -0.05) is 18.7 Å². The van der Waals surface area contributed by atoms with Gasteiger partial charge in [-0.2, -0.15) is 0 Å². The van der Waals surface area contributed by atoms with Crippen LogP contribution in [0.2, 0.25) is 0 Å². The first-order valence-electron chi connectivity index (χ1n) is 5.13. The van der Waals surface area contributed by atoms with Crippen molar-refractivity contribution in [1.29, 1.82) is 0 Å². The molecule has 2 heterocycles. The van der Waals surface area contributed by atoms with Gasteiger partial charge < -0.3 is 0 Å². The lowest BCUT2D eigenvalue weighted by molar-refractivity contribution is 0.931. The van der Waals surface area contributed by atoms with E-state index in [1.54, 1.807) is 29.3 Å². The summed E-state index contributed by atoms with van der Waals surface area (Å²) in [6.07, 6.45) is 2.80. The molecule has 0 aromatic carbocycles. The van der Waals surface area contributed by atoms with Crippen molar-refractivity contribution in [2.45, 2.75) is 31.2 Å². The molecule has 3 nitrogen and oxygen atoms in total. The van der Waals surface area contributed by atoms with Gasteiger partial charge in [-0.05, 0) is 19.4 Å². The van der Waals surface area contributed by atoms with E-state index in [0.717, 1.165) is 23.0 Å². The zero-order valence-corrected chi connectivity index (χ0v) is 10.9. The van der Waals surface area contributed by atoms with Crippen LogP contribution < -0.4 is 0 Å². The first-order chi connectivity index (χ1) is 7.79. The molecule has 0 aliphatic heterocycles. The molecule has 2 rings (SSSR count). The molecule has 0 fully saturated rings. The van der Waals surface area contributed by atoms with E-state index in [2.05, 4.69) is 21.9 Å². The molecule has 5 heteroatoms. The molecule has 0 N–H and O–H groups in total. The Hall–Kier alpha value is -0.940. The summed E-state index contributed by atoms with van der Waals surface area (Å²) in [5.74, 6) is 0.914. The van der Waals surface area contributed by atoms with Crippen molar-refractivity contribution in [2.24, 2.45) is 0 Å². The molecule has 0 unspecified atom stereocenters. The second-order valence-electron chi connectivity index (χ2n) is 3.35. The van der Waals surface area contributed by atoms with Crippen LogP contribution in [0.3, 0.4) is 0 Å². The quantitative estimate of drug-likeness (QED) is 0.618. The Bertz CT molecular complexity index is 468. The predicted octanol–water partition coefficient (Wildman–Crippen LogP) is 3.10. The molecular formula is C11H13N3S2. The molecule has 2 aromatic heterocycles. The minimum atomic E-state index is 0.843. The maximum atomic E-state index is 4.36. The normalized spacial score (nSPS) is 10.6. The fraction of sp³-hybridized carbons (Fsp3) is 0.364. The number of hydrogen-bond donors (Lipinski definition) is 0. The molecule has 0 saturated heterocycles. The van der Waals surface area contributed by atoms with Gasteiger partial charge in [0.1, 0.15) is 0 Å². The Morgan fingerprint density at radius 1 is 1.38 bits per heavy atom. The van der Waals surface area contributed by atoms with Crippen LogP contribution in [0.5, 0.6) is 0 Å². The topological polar surface area (TPSA) is 38.7 Å². The zero-order chi connectivity index (χ0) is 11.4. The number of hydrogen-bond acceptors (Lipinski definition) is 5. The van der Waals surface area contributed by atoms with Crippen LogP contribution in [-0.2, 0) is 12.2 Å². The largest absolute Gasteiger partial charge is 0.249 e. The number of nitrogens with zero attached hydrogens (tertiary/aromatic N) is 3. The fourth-order valence-electron chi connectivity index (χ4n) is 1.32. The average Bonchev–Trinajstić information content (AvgIpc) is 2.74. The molecule has 0 aliphatic carbocycles. The van der Waals surface area contributed by atoms with E-state index in [9.17, 15) is 0 Å². The van der Waals surface area contributed by atoms with Gasteiger partial charge in [0.2, 0.25) is 0 Å². The molecule has 0 radical (unpaired) electrons. The summed E-state index contributed by atoms with van der Waals surface area (Å²) in [6.45, 7) is 4.11. The van der Waals surface area contributed by atoms with E-state index in [-0.39, 0.29) is 0 Å². The van der Waals surface area contributed by atoms with Crippen LogP contribution in [0, 0.1) is 6.92 Å². The third-order valence-corrected chi connectivity index (χ3v) is 4.11. The third kappa shape index (κ3) is 2.80. The van der Waals surface area contributed by atoms with Crippen molar-refractivity contribution >= 4 is 23.1 Å². The molecule has 0 saturated carbocycles. The zero-order valence-electron chi connectivity index (χ0n) is 9.30. The second-order valence-corrected chi connectivity index (χ2v) is 5.23. The molecule has 0 bridgehead atoms. The van der Waals surface area contributed by atoms with Crippen LogP contribution in [0.15, 0.2) is 22.9 Å². The van der Waals surface area contributed by atoms with Gasteiger partial charge in [-0.3, -0.25) is 0 Å². The van der Waals surface area contributed by atoms with Crippen LogP contribution in [-0.4, -0.2) is 15.0 Å². The van der Waals surface area contributed by atoms with Crippen molar-refractivity contribution in [3.63, 3.8) is 0 Å². The van der Waals surface area contributed by atoms with Crippen molar-refractivity contribution < 1.29 is 0 Å². The van der Waals surface area contributed by atoms with E-state index < -0.39 is 0 Å². The van der Waals surface area contributed by atoms with E-state index in [1.807, 2.05) is 18.5 Å². The summed E-state index contributed by atoms with van der Waals surface area (Å²) < 4.78 is 0. The molecule has 16 heavy (non-hydrogen) atoms. The summed E-state index contributed by atoms with van der Waals surface area (Å²) in [5, 5.41) is 0.843. The molecule has 0 aliphatic rings. The first-order valence-corrected chi connectivity index (χ1v) is 6.99. The average molecular weight is 251 g/mol. The predicted molar refractivity (Wildman–Crippen MR) is 67.8 cm³/mol. The molecule has 0 spiro atoms. The summed E-state index contributed by atoms with van der Waals surface area (Å²) in [6, 6.07) is 1.91. The van der Waals surface area contributed by atoms with E-state index >= 15 is 0 Å². The molecule has 0 atom stereocenters. The maximum absolute atomic E-state index is 4.36. The second kappa shape index (κ2) is 5.41. The summed E-state index contributed by atoms with van der Waals surface area (Å²) in [5.41, 5.74) is 4.12. The summed E-state index contributed by atoms with van der Waals surface area (Å²) in [7, 11) is 0. The molecular weight excluding hydrogens is 238 g/mol. The molecule has 0 amide bonds. The minimum absolute atomic E-state index is 0.843. The molecule has 2 aromatic rings. The monoisotopic (exact) mass is 251 g/mol. The highest BCUT2D eigenvalue weighted by atomic mass is 32.2.